The average Bonchev–Trinajstić information content (AvgIpc) is 3.31. The summed E-state index contributed by atoms with van der Waals surface area (Å²) >= 11 is 0. The number of nitrogens with one attached hydrogen (secondary N) is 1. The Morgan fingerprint density at radius 3 is 2.26 bits per heavy atom. The fourth-order valence-corrected chi connectivity index (χ4v) is 4.37. The Morgan fingerprint density at radius 2 is 1.68 bits per heavy atom. The Morgan fingerprint density at radius 1 is 0.947 bits per heavy atom. The van der Waals surface area contributed by atoms with E-state index in [-0.39, 0.29) is 0 Å². The van der Waals surface area contributed by atoms with Gasteiger partial charge in [0.1, 0.15) is 0 Å². The van der Waals surface area contributed by atoms with Crippen LogP contribution in [0, 0.1) is 11.8 Å². The molecule has 1 heterocycles. The molecule has 0 aromatic carbocycles. The standard InChI is InChI=1S/C17H32N2/c1-3-13-5-9-16(10-6-13)19-12-17(14-7-8-14)18-11-15(19)4-2/h13-18H,3-12H2,1-2H3. The summed E-state index contributed by atoms with van der Waals surface area (Å²) in [4.78, 5) is 2.91. The van der Waals surface area contributed by atoms with Crippen molar-refractivity contribution >= 4 is 0 Å². The second-order valence-corrected chi connectivity index (χ2v) is 7.19. The molecule has 3 rings (SSSR count). The van der Waals surface area contributed by atoms with Gasteiger partial charge in [-0.1, -0.05) is 20.3 Å². The number of hydrogen-bond donors (Lipinski definition) is 1. The molecule has 3 aliphatic rings. The SMILES string of the molecule is CCC1CCC(N2CC(C3CC3)NCC2CC)CC1. The highest BCUT2D eigenvalue weighted by atomic mass is 15.3. The van der Waals surface area contributed by atoms with Crippen molar-refractivity contribution < 1.29 is 0 Å². The van der Waals surface area contributed by atoms with Crippen LogP contribution in [0.25, 0.3) is 0 Å². The molecule has 0 bridgehead atoms. The lowest BCUT2D eigenvalue weighted by molar-refractivity contribution is 0.0465. The summed E-state index contributed by atoms with van der Waals surface area (Å²) in [6.07, 6.45) is 11.6. The van der Waals surface area contributed by atoms with Crippen LogP contribution in [-0.2, 0) is 0 Å². The molecule has 2 saturated carbocycles. The van der Waals surface area contributed by atoms with Crippen LogP contribution in [0.5, 0.6) is 0 Å². The largest absolute Gasteiger partial charge is 0.311 e. The predicted molar refractivity (Wildman–Crippen MR) is 81.3 cm³/mol. The van der Waals surface area contributed by atoms with Crippen molar-refractivity contribution in [1.29, 1.82) is 0 Å². The first-order chi connectivity index (χ1) is 9.31. The molecule has 2 nitrogen and oxygen atoms in total. The highest BCUT2D eigenvalue weighted by Crippen LogP contribution is 2.37. The summed E-state index contributed by atoms with van der Waals surface area (Å²) < 4.78 is 0. The van der Waals surface area contributed by atoms with Gasteiger partial charge in [-0.15, -0.1) is 0 Å². The Bertz CT molecular complexity index is 279. The van der Waals surface area contributed by atoms with Crippen molar-refractivity contribution in [3.8, 4) is 0 Å². The van der Waals surface area contributed by atoms with E-state index in [9.17, 15) is 0 Å². The Hall–Kier alpha value is -0.0800. The fraction of sp³-hybridized carbons (Fsp3) is 1.00. The van der Waals surface area contributed by atoms with Gasteiger partial charge in [-0.2, -0.15) is 0 Å². The first-order valence-electron chi connectivity index (χ1n) is 8.80. The smallest absolute Gasteiger partial charge is 0.0224 e. The van der Waals surface area contributed by atoms with Gasteiger partial charge >= 0.3 is 0 Å². The van der Waals surface area contributed by atoms with E-state index in [2.05, 4.69) is 24.1 Å². The van der Waals surface area contributed by atoms with E-state index in [1.165, 1.54) is 64.5 Å². The van der Waals surface area contributed by atoms with Crippen LogP contribution in [0.3, 0.4) is 0 Å². The van der Waals surface area contributed by atoms with Crippen LogP contribution >= 0.6 is 0 Å². The van der Waals surface area contributed by atoms with Gasteiger partial charge in [0.15, 0.2) is 0 Å². The predicted octanol–water partition coefficient (Wildman–Crippen LogP) is 3.42. The molecule has 19 heavy (non-hydrogen) atoms. The molecule has 2 unspecified atom stereocenters. The van der Waals surface area contributed by atoms with Gasteiger partial charge in [-0.05, 0) is 56.8 Å². The molecule has 0 amide bonds. The number of hydrogen-bond acceptors (Lipinski definition) is 2. The molecule has 110 valence electrons. The summed E-state index contributed by atoms with van der Waals surface area (Å²) in [5.41, 5.74) is 0. The average molecular weight is 264 g/mol. The molecule has 1 N–H and O–H groups in total. The Kier molecular flexibility index (Phi) is 4.48. The number of nitrogens with zero attached hydrogens (tertiary/aromatic N) is 1. The van der Waals surface area contributed by atoms with Crippen molar-refractivity contribution in [3.05, 3.63) is 0 Å². The molecular weight excluding hydrogens is 232 g/mol. The third-order valence-electron chi connectivity index (χ3n) is 6.02. The normalized spacial score (nSPS) is 41.4. The summed E-state index contributed by atoms with van der Waals surface area (Å²) in [5.74, 6) is 2.03. The maximum atomic E-state index is 3.83. The van der Waals surface area contributed by atoms with Gasteiger partial charge in [0.05, 0.1) is 0 Å². The molecule has 3 fully saturated rings. The van der Waals surface area contributed by atoms with Crippen molar-refractivity contribution in [1.82, 2.24) is 10.2 Å². The minimum atomic E-state index is 0.804. The van der Waals surface area contributed by atoms with E-state index in [1.54, 1.807) is 0 Å². The molecule has 0 spiro atoms. The van der Waals surface area contributed by atoms with Crippen LogP contribution in [0.2, 0.25) is 0 Å². The van der Waals surface area contributed by atoms with Crippen LogP contribution in [-0.4, -0.2) is 36.1 Å². The van der Waals surface area contributed by atoms with Crippen molar-refractivity contribution in [3.63, 3.8) is 0 Å². The lowest BCUT2D eigenvalue weighted by Gasteiger charge is -2.46. The second-order valence-electron chi connectivity index (χ2n) is 7.19. The molecule has 2 aliphatic carbocycles. The number of piperazine rings is 1. The summed E-state index contributed by atoms with van der Waals surface area (Å²) in [7, 11) is 0. The van der Waals surface area contributed by atoms with Crippen molar-refractivity contribution in [2.24, 2.45) is 11.8 Å². The molecule has 2 atom stereocenters. The molecule has 1 saturated heterocycles. The monoisotopic (exact) mass is 264 g/mol. The first kappa shape index (κ1) is 13.9. The highest BCUT2D eigenvalue weighted by molar-refractivity contribution is 4.96. The van der Waals surface area contributed by atoms with E-state index >= 15 is 0 Å². The van der Waals surface area contributed by atoms with Crippen LogP contribution < -0.4 is 5.32 Å². The zero-order valence-electron chi connectivity index (χ0n) is 12.9. The Balaban J connectivity index is 1.59. The topological polar surface area (TPSA) is 15.3 Å². The molecular formula is C17H32N2. The maximum absolute atomic E-state index is 3.83. The molecule has 1 aliphatic heterocycles. The minimum Gasteiger partial charge on any atom is -0.311 e. The lowest BCUT2D eigenvalue weighted by Crippen LogP contribution is -2.60. The van der Waals surface area contributed by atoms with Gasteiger partial charge in [-0.25, -0.2) is 0 Å². The van der Waals surface area contributed by atoms with Crippen LogP contribution in [0.1, 0.15) is 65.2 Å². The lowest BCUT2D eigenvalue weighted by atomic mass is 9.83. The molecule has 0 aromatic heterocycles. The van der Waals surface area contributed by atoms with Crippen LogP contribution in [0.4, 0.5) is 0 Å². The van der Waals surface area contributed by atoms with E-state index in [4.69, 9.17) is 0 Å². The molecule has 0 radical (unpaired) electrons. The van der Waals surface area contributed by atoms with Gasteiger partial charge < -0.3 is 5.32 Å². The Labute approximate surface area is 119 Å². The number of rotatable bonds is 4. The van der Waals surface area contributed by atoms with E-state index in [1.807, 2.05) is 0 Å². The molecule has 2 heteroatoms. The zero-order valence-corrected chi connectivity index (χ0v) is 12.9. The quantitative estimate of drug-likeness (QED) is 0.837. The zero-order chi connectivity index (χ0) is 13.2. The third-order valence-corrected chi connectivity index (χ3v) is 6.02. The highest BCUT2D eigenvalue weighted by Gasteiger charge is 2.39. The minimum absolute atomic E-state index is 0.804. The van der Waals surface area contributed by atoms with Crippen molar-refractivity contribution in [2.45, 2.75) is 83.3 Å². The van der Waals surface area contributed by atoms with E-state index < -0.39 is 0 Å². The van der Waals surface area contributed by atoms with E-state index in [0.29, 0.717) is 0 Å². The fourth-order valence-electron chi connectivity index (χ4n) is 4.37. The van der Waals surface area contributed by atoms with E-state index in [0.717, 1.165) is 30.0 Å². The maximum Gasteiger partial charge on any atom is 0.0224 e. The van der Waals surface area contributed by atoms with Crippen LogP contribution in [0.15, 0.2) is 0 Å². The van der Waals surface area contributed by atoms with Gasteiger partial charge in [-0.3, -0.25) is 4.90 Å². The summed E-state index contributed by atoms with van der Waals surface area (Å²) in [6.45, 7) is 7.32. The van der Waals surface area contributed by atoms with Gasteiger partial charge in [0.2, 0.25) is 0 Å². The van der Waals surface area contributed by atoms with Crippen molar-refractivity contribution in [2.75, 3.05) is 13.1 Å². The molecule has 0 aromatic rings. The van der Waals surface area contributed by atoms with Gasteiger partial charge in [0.25, 0.3) is 0 Å². The summed E-state index contributed by atoms with van der Waals surface area (Å²) in [5, 5.41) is 3.83. The first-order valence-corrected chi connectivity index (χ1v) is 8.80. The summed E-state index contributed by atoms with van der Waals surface area (Å²) in [6, 6.07) is 2.51. The second kappa shape index (κ2) is 6.13. The van der Waals surface area contributed by atoms with Gasteiger partial charge in [0, 0.05) is 31.2 Å². The third kappa shape index (κ3) is 3.16.